The molecule has 0 atom stereocenters. The number of amides is 2. The summed E-state index contributed by atoms with van der Waals surface area (Å²) in [4.78, 5) is 25.5. The molecule has 0 radical (unpaired) electrons. The molecule has 0 aliphatic heterocycles. The number of carbonyl (C=O) groups excluding carboxylic acids is 2. The molecule has 144 valence electrons. The molecule has 0 saturated carbocycles. The van der Waals surface area contributed by atoms with Crippen molar-refractivity contribution in [2.75, 3.05) is 31.8 Å². The van der Waals surface area contributed by atoms with Crippen LogP contribution in [-0.2, 0) is 16.1 Å². The highest BCUT2D eigenvalue weighted by Crippen LogP contribution is 2.28. The molecular formula is C20H25N3O4. The van der Waals surface area contributed by atoms with E-state index in [4.69, 9.17) is 15.2 Å². The van der Waals surface area contributed by atoms with E-state index in [0.29, 0.717) is 30.1 Å². The lowest BCUT2D eigenvalue weighted by Crippen LogP contribution is -2.29. The molecule has 0 saturated heterocycles. The average Bonchev–Trinajstić information content (AvgIpc) is 2.68. The summed E-state index contributed by atoms with van der Waals surface area (Å²) >= 11 is 0. The third kappa shape index (κ3) is 6.22. The molecule has 0 unspecified atom stereocenters. The standard InChI is InChI=1S/C20H25N3O4/c1-23(20(25)27-14-15-8-4-3-5-9-15)13-7-12-18(24)22-16-10-6-11-17(26-2)19(16)21/h3-6,8-11H,7,12-14,21H2,1-2H3,(H,22,24). The zero-order valence-corrected chi connectivity index (χ0v) is 15.6. The van der Waals surface area contributed by atoms with E-state index in [-0.39, 0.29) is 18.9 Å². The van der Waals surface area contributed by atoms with Crippen LogP contribution < -0.4 is 15.8 Å². The number of nitrogen functional groups attached to an aromatic ring is 1. The minimum Gasteiger partial charge on any atom is -0.495 e. The zero-order valence-electron chi connectivity index (χ0n) is 15.6. The molecule has 2 aromatic carbocycles. The summed E-state index contributed by atoms with van der Waals surface area (Å²) in [7, 11) is 3.16. The smallest absolute Gasteiger partial charge is 0.409 e. The van der Waals surface area contributed by atoms with Crippen molar-refractivity contribution in [2.24, 2.45) is 0 Å². The molecular weight excluding hydrogens is 346 g/mol. The van der Waals surface area contributed by atoms with Gasteiger partial charge in [-0.15, -0.1) is 0 Å². The maximum absolute atomic E-state index is 12.1. The molecule has 27 heavy (non-hydrogen) atoms. The van der Waals surface area contributed by atoms with Crippen LogP contribution in [0.4, 0.5) is 16.2 Å². The molecule has 2 aromatic rings. The Morgan fingerprint density at radius 3 is 2.56 bits per heavy atom. The lowest BCUT2D eigenvalue weighted by molar-refractivity contribution is -0.116. The summed E-state index contributed by atoms with van der Waals surface area (Å²) in [6.45, 7) is 0.633. The molecule has 3 N–H and O–H groups in total. The van der Waals surface area contributed by atoms with Crippen molar-refractivity contribution in [1.82, 2.24) is 4.90 Å². The SMILES string of the molecule is COc1cccc(NC(=O)CCCN(C)C(=O)OCc2ccccc2)c1N. The molecule has 7 nitrogen and oxygen atoms in total. The van der Waals surface area contributed by atoms with Gasteiger partial charge in [0.1, 0.15) is 12.4 Å². The molecule has 0 aliphatic rings. The van der Waals surface area contributed by atoms with E-state index >= 15 is 0 Å². The summed E-state index contributed by atoms with van der Waals surface area (Å²) in [6, 6.07) is 14.7. The fourth-order valence-corrected chi connectivity index (χ4v) is 2.44. The average molecular weight is 371 g/mol. The number of para-hydroxylation sites is 1. The first-order valence-electron chi connectivity index (χ1n) is 8.65. The highest BCUT2D eigenvalue weighted by atomic mass is 16.6. The van der Waals surface area contributed by atoms with Crippen LogP contribution in [0.1, 0.15) is 18.4 Å². The molecule has 0 fully saturated rings. The van der Waals surface area contributed by atoms with Crippen molar-refractivity contribution in [1.29, 1.82) is 0 Å². The number of methoxy groups -OCH3 is 1. The molecule has 0 heterocycles. The van der Waals surface area contributed by atoms with Gasteiger partial charge in [0.2, 0.25) is 5.91 Å². The monoisotopic (exact) mass is 371 g/mol. The largest absolute Gasteiger partial charge is 0.495 e. The van der Waals surface area contributed by atoms with Gasteiger partial charge in [-0.2, -0.15) is 0 Å². The fourth-order valence-electron chi connectivity index (χ4n) is 2.44. The Balaban J connectivity index is 1.71. The number of ether oxygens (including phenoxy) is 2. The highest BCUT2D eigenvalue weighted by molar-refractivity contribution is 5.94. The van der Waals surface area contributed by atoms with Crippen molar-refractivity contribution < 1.29 is 19.1 Å². The van der Waals surface area contributed by atoms with E-state index in [1.165, 1.54) is 12.0 Å². The quantitative estimate of drug-likeness (QED) is 0.695. The maximum atomic E-state index is 12.1. The third-order valence-corrected chi connectivity index (χ3v) is 3.97. The second-order valence-corrected chi connectivity index (χ2v) is 6.03. The van der Waals surface area contributed by atoms with Crippen LogP contribution in [-0.4, -0.2) is 37.6 Å². The second kappa shape index (κ2) is 10.1. The van der Waals surface area contributed by atoms with Gasteiger partial charge in [0.15, 0.2) is 0 Å². The number of nitrogens with one attached hydrogen (secondary N) is 1. The Morgan fingerprint density at radius 1 is 1.11 bits per heavy atom. The lowest BCUT2D eigenvalue weighted by atomic mass is 10.2. The van der Waals surface area contributed by atoms with E-state index < -0.39 is 6.09 Å². The number of anilines is 2. The minimum atomic E-state index is -0.420. The number of nitrogens with two attached hydrogens (primary N) is 1. The molecule has 0 aromatic heterocycles. The van der Waals surface area contributed by atoms with Gasteiger partial charge >= 0.3 is 6.09 Å². The van der Waals surface area contributed by atoms with Crippen molar-refractivity contribution in [3.8, 4) is 5.75 Å². The van der Waals surface area contributed by atoms with Crippen LogP contribution in [0, 0.1) is 0 Å². The van der Waals surface area contributed by atoms with Crippen LogP contribution in [0.3, 0.4) is 0 Å². The van der Waals surface area contributed by atoms with E-state index in [1.807, 2.05) is 30.3 Å². The summed E-state index contributed by atoms with van der Waals surface area (Å²) in [5.74, 6) is 0.328. The fraction of sp³-hybridized carbons (Fsp3) is 0.300. The number of benzene rings is 2. The number of hydrogen-bond donors (Lipinski definition) is 2. The third-order valence-electron chi connectivity index (χ3n) is 3.97. The first-order valence-corrected chi connectivity index (χ1v) is 8.65. The Hall–Kier alpha value is -3.22. The predicted molar refractivity (Wildman–Crippen MR) is 105 cm³/mol. The predicted octanol–water partition coefficient (Wildman–Crippen LogP) is 3.26. The molecule has 2 rings (SSSR count). The first kappa shape index (κ1) is 20.1. The summed E-state index contributed by atoms with van der Waals surface area (Å²) < 4.78 is 10.4. The molecule has 0 spiro atoms. The number of hydrogen-bond acceptors (Lipinski definition) is 5. The number of carbonyl (C=O) groups is 2. The van der Waals surface area contributed by atoms with Gasteiger partial charge in [0.25, 0.3) is 0 Å². The summed E-state index contributed by atoms with van der Waals surface area (Å²) in [6.07, 6.45) is 0.343. The molecule has 7 heteroatoms. The van der Waals surface area contributed by atoms with Crippen molar-refractivity contribution in [3.63, 3.8) is 0 Å². The Bertz CT molecular complexity index is 765. The zero-order chi connectivity index (χ0) is 19.6. The Labute approximate surface area is 159 Å². The van der Waals surface area contributed by atoms with Gasteiger partial charge in [-0.3, -0.25) is 4.79 Å². The van der Waals surface area contributed by atoms with Crippen LogP contribution >= 0.6 is 0 Å². The Kier molecular flexibility index (Phi) is 7.49. The van der Waals surface area contributed by atoms with E-state index in [1.54, 1.807) is 25.2 Å². The second-order valence-electron chi connectivity index (χ2n) is 6.03. The van der Waals surface area contributed by atoms with Crippen molar-refractivity contribution in [3.05, 3.63) is 54.1 Å². The van der Waals surface area contributed by atoms with Crippen LogP contribution in [0.2, 0.25) is 0 Å². The highest BCUT2D eigenvalue weighted by Gasteiger charge is 2.12. The van der Waals surface area contributed by atoms with Crippen molar-refractivity contribution >= 4 is 23.4 Å². The van der Waals surface area contributed by atoms with Crippen molar-refractivity contribution in [2.45, 2.75) is 19.4 Å². The van der Waals surface area contributed by atoms with E-state index in [2.05, 4.69) is 5.32 Å². The molecule has 2 amide bonds. The van der Waals surface area contributed by atoms with Gasteiger partial charge in [-0.05, 0) is 24.1 Å². The maximum Gasteiger partial charge on any atom is 0.409 e. The topological polar surface area (TPSA) is 93.9 Å². The van der Waals surface area contributed by atoms with Crippen LogP contribution in [0.15, 0.2) is 48.5 Å². The normalized spacial score (nSPS) is 10.1. The summed E-state index contributed by atoms with van der Waals surface area (Å²) in [5.41, 5.74) is 7.75. The van der Waals surface area contributed by atoms with Gasteiger partial charge in [0, 0.05) is 20.0 Å². The van der Waals surface area contributed by atoms with Gasteiger partial charge in [-0.25, -0.2) is 4.79 Å². The van der Waals surface area contributed by atoms with Crippen LogP contribution in [0.25, 0.3) is 0 Å². The first-order chi connectivity index (χ1) is 13.0. The van der Waals surface area contributed by atoms with E-state index in [9.17, 15) is 9.59 Å². The van der Waals surface area contributed by atoms with Gasteiger partial charge in [-0.1, -0.05) is 36.4 Å². The minimum absolute atomic E-state index is 0.180. The summed E-state index contributed by atoms with van der Waals surface area (Å²) in [5, 5.41) is 2.76. The molecule has 0 aliphatic carbocycles. The van der Waals surface area contributed by atoms with E-state index in [0.717, 1.165) is 5.56 Å². The number of nitrogens with zero attached hydrogens (tertiary/aromatic N) is 1. The molecule has 0 bridgehead atoms. The lowest BCUT2D eigenvalue weighted by Gasteiger charge is -2.17. The number of rotatable bonds is 8. The Morgan fingerprint density at radius 2 is 1.85 bits per heavy atom. The van der Waals surface area contributed by atoms with Crippen LogP contribution in [0.5, 0.6) is 5.75 Å². The van der Waals surface area contributed by atoms with Gasteiger partial charge < -0.3 is 25.4 Å². The van der Waals surface area contributed by atoms with Gasteiger partial charge in [0.05, 0.1) is 18.5 Å².